The molecule has 0 aliphatic carbocycles. The molecule has 5 heteroatoms. The van der Waals surface area contributed by atoms with E-state index in [1.807, 2.05) is 25.1 Å². The predicted octanol–water partition coefficient (Wildman–Crippen LogP) is 4.83. The molecule has 0 saturated heterocycles. The summed E-state index contributed by atoms with van der Waals surface area (Å²) in [6.07, 6.45) is 2.69. The van der Waals surface area contributed by atoms with Crippen LogP contribution in [0.5, 0.6) is 0 Å². The lowest BCUT2D eigenvalue weighted by atomic mass is 10.0. The minimum atomic E-state index is 0.537. The van der Waals surface area contributed by atoms with Gasteiger partial charge in [-0.25, -0.2) is 0 Å². The summed E-state index contributed by atoms with van der Waals surface area (Å²) in [5, 5.41) is 4.19. The van der Waals surface area contributed by atoms with Gasteiger partial charge in [0, 0.05) is 33.9 Å². The van der Waals surface area contributed by atoms with Crippen LogP contribution in [0.15, 0.2) is 28.8 Å². The Hall–Kier alpha value is -2.56. The van der Waals surface area contributed by atoms with Crippen LogP contribution in [0.4, 0.5) is 0 Å². The standard InChI is InChI=1S/C21H26N4O/c1-6-17-10-15(9-14(5)22-17)20-24-21(26-25-20)16-11-18(7-2)23-19(12-16)8-13(3)4/h9-13H,6-8H2,1-5H3. The highest BCUT2D eigenvalue weighted by Gasteiger charge is 2.14. The van der Waals surface area contributed by atoms with Crippen molar-refractivity contribution in [3.8, 4) is 22.8 Å². The molecule has 0 unspecified atom stereocenters. The molecule has 0 amide bonds. The lowest BCUT2D eigenvalue weighted by molar-refractivity contribution is 0.432. The van der Waals surface area contributed by atoms with E-state index in [1.165, 1.54) is 0 Å². The van der Waals surface area contributed by atoms with E-state index in [-0.39, 0.29) is 0 Å². The van der Waals surface area contributed by atoms with Crippen LogP contribution in [-0.2, 0) is 19.3 Å². The first kappa shape index (κ1) is 18.2. The van der Waals surface area contributed by atoms with Gasteiger partial charge in [-0.1, -0.05) is 32.9 Å². The molecule has 0 atom stereocenters. The minimum absolute atomic E-state index is 0.537. The summed E-state index contributed by atoms with van der Waals surface area (Å²) in [4.78, 5) is 13.9. The van der Waals surface area contributed by atoms with E-state index in [9.17, 15) is 0 Å². The monoisotopic (exact) mass is 350 g/mol. The third-order valence-electron chi connectivity index (χ3n) is 4.21. The van der Waals surface area contributed by atoms with Crippen LogP contribution in [-0.4, -0.2) is 20.1 Å². The van der Waals surface area contributed by atoms with E-state index in [4.69, 9.17) is 9.51 Å². The van der Waals surface area contributed by atoms with Crippen LogP contribution in [0.2, 0.25) is 0 Å². The van der Waals surface area contributed by atoms with E-state index in [0.29, 0.717) is 17.6 Å². The maximum absolute atomic E-state index is 5.57. The third-order valence-corrected chi connectivity index (χ3v) is 4.21. The van der Waals surface area contributed by atoms with Crippen molar-refractivity contribution in [2.45, 2.75) is 53.9 Å². The van der Waals surface area contributed by atoms with E-state index in [0.717, 1.165) is 53.2 Å². The van der Waals surface area contributed by atoms with Gasteiger partial charge in [0.2, 0.25) is 5.82 Å². The topological polar surface area (TPSA) is 64.7 Å². The number of rotatable bonds is 6. The summed E-state index contributed by atoms with van der Waals surface area (Å²) in [5.74, 6) is 1.68. The Labute approximate surface area is 154 Å². The third kappa shape index (κ3) is 4.15. The van der Waals surface area contributed by atoms with Crippen molar-refractivity contribution >= 4 is 0 Å². The highest BCUT2D eigenvalue weighted by Crippen LogP contribution is 2.25. The quantitative estimate of drug-likeness (QED) is 0.637. The van der Waals surface area contributed by atoms with E-state index in [2.05, 4.69) is 48.9 Å². The summed E-state index contributed by atoms with van der Waals surface area (Å²) < 4.78 is 5.57. The van der Waals surface area contributed by atoms with Gasteiger partial charge in [0.25, 0.3) is 5.89 Å². The van der Waals surface area contributed by atoms with Crippen LogP contribution < -0.4 is 0 Å². The summed E-state index contributed by atoms with van der Waals surface area (Å²) in [6, 6.07) is 8.11. The van der Waals surface area contributed by atoms with Gasteiger partial charge in [0.05, 0.1) is 0 Å². The zero-order chi connectivity index (χ0) is 18.7. The second kappa shape index (κ2) is 7.77. The maximum atomic E-state index is 5.57. The molecule has 0 spiro atoms. The molecule has 26 heavy (non-hydrogen) atoms. The Bertz CT molecular complexity index is 899. The first-order chi connectivity index (χ1) is 12.5. The van der Waals surface area contributed by atoms with Gasteiger partial charge in [-0.15, -0.1) is 0 Å². The molecular formula is C21H26N4O. The molecule has 5 nitrogen and oxygen atoms in total. The minimum Gasteiger partial charge on any atom is -0.334 e. The molecule has 3 aromatic heterocycles. The van der Waals surface area contributed by atoms with Crippen LogP contribution in [0.3, 0.4) is 0 Å². The Morgan fingerprint density at radius 2 is 1.50 bits per heavy atom. The Morgan fingerprint density at radius 3 is 2.19 bits per heavy atom. The summed E-state index contributed by atoms with van der Waals surface area (Å²) >= 11 is 0. The molecule has 0 aliphatic rings. The Morgan fingerprint density at radius 1 is 0.846 bits per heavy atom. The van der Waals surface area contributed by atoms with E-state index < -0.39 is 0 Å². The second-order valence-corrected chi connectivity index (χ2v) is 7.06. The number of hydrogen-bond donors (Lipinski definition) is 0. The van der Waals surface area contributed by atoms with Crippen molar-refractivity contribution in [2.75, 3.05) is 0 Å². The number of aromatic nitrogens is 4. The average molecular weight is 350 g/mol. The number of pyridine rings is 2. The predicted molar refractivity (Wildman–Crippen MR) is 103 cm³/mol. The van der Waals surface area contributed by atoms with Gasteiger partial charge in [0.1, 0.15) is 0 Å². The van der Waals surface area contributed by atoms with Gasteiger partial charge in [-0.05, 0) is 56.4 Å². The Kier molecular flexibility index (Phi) is 5.45. The fourth-order valence-corrected chi connectivity index (χ4v) is 2.98. The first-order valence-corrected chi connectivity index (χ1v) is 9.30. The zero-order valence-electron chi connectivity index (χ0n) is 16.2. The number of hydrogen-bond acceptors (Lipinski definition) is 5. The van der Waals surface area contributed by atoms with Gasteiger partial charge in [-0.3, -0.25) is 9.97 Å². The van der Waals surface area contributed by atoms with Gasteiger partial charge < -0.3 is 4.52 Å². The number of aryl methyl sites for hydroxylation is 3. The molecule has 3 aromatic rings. The van der Waals surface area contributed by atoms with Crippen molar-refractivity contribution in [2.24, 2.45) is 5.92 Å². The fourth-order valence-electron chi connectivity index (χ4n) is 2.98. The maximum Gasteiger partial charge on any atom is 0.258 e. The van der Waals surface area contributed by atoms with E-state index >= 15 is 0 Å². The lowest BCUT2D eigenvalue weighted by Crippen LogP contribution is -2.01. The summed E-state index contributed by atoms with van der Waals surface area (Å²) in [7, 11) is 0. The highest BCUT2D eigenvalue weighted by molar-refractivity contribution is 5.61. The normalized spacial score (nSPS) is 11.3. The largest absolute Gasteiger partial charge is 0.334 e. The highest BCUT2D eigenvalue weighted by atomic mass is 16.5. The molecule has 136 valence electrons. The van der Waals surface area contributed by atoms with Crippen molar-refractivity contribution in [3.05, 3.63) is 47.0 Å². The fraction of sp³-hybridized carbons (Fsp3) is 0.429. The van der Waals surface area contributed by atoms with Crippen molar-refractivity contribution in [1.29, 1.82) is 0 Å². The summed E-state index contributed by atoms with van der Waals surface area (Å²) in [5.41, 5.74) is 5.99. The van der Waals surface area contributed by atoms with Crippen molar-refractivity contribution in [1.82, 2.24) is 20.1 Å². The molecule has 0 aliphatic heterocycles. The number of nitrogens with zero attached hydrogens (tertiary/aromatic N) is 4. The molecular weight excluding hydrogens is 324 g/mol. The SMILES string of the molecule is CCc1cc(-c2noc(-c3cc(CC)nc(CC(C)C)c3)n2)cc(C)n1. The van der Waals surface area contributed by atoms with E-state index in [1.54, 1.807) is 0 Å². The smallest absolute Gasteiger partial charge is 0.258 e. The molecule has 3 rings (SSSR count). The van der Waals surface area contributed by atoms with Crippen molar-refractivity contribution in [3.63, 3.8) is 0 Å². The molecule has 0 saturated carbocycles. The van der Waals surface area contributed by atoms with Gasteiger partial charge in [-0.2, -0.15) is 4.98 Å². The molecule has 0 aromatic carbocycles. The Balaban J connectivity index is 1.98. The summed E-state index contributed by atoms with van der Waals surface area (Å²) in [6.45, 7) is 10.6. The lowest BCUT2D eigenvalue weighted by Gasteiger charge is -2.07. The van der Waals surface area contributed by atoms with Crippen molar-refractivity contribution < 1.29 is 4.52 Å². The molecule has 3 heterocycles. The molecule has 0 radical (unpaired) electrons. The zero-order valence-corrected chi connectivity index (χ0v) is 16.2. The van der Waals surface area contributed by atoms with Crippen LogP contribution in [0, 0.1) is 12.8 Å². The molecule has 0 fully saturated rings. The molecule has 0 N–H and O–H groups in total. The first-order valence-electron chi connectivity index (χ1n) is 9.30. The second-order valence-electron chi connectivity index (χ2n) is 7.06. The molecule has 0 bridgehead atoms. The van der Waals surface area contributed by atoms with Gasteiger partial charge in [0.15, 0.2) is 0 Å². The average Bonchev–Trinajstić information content (AvgIpc) is 3.10. The van der Waals surface area contributed by atoms with Crippen LogP contribution >= 0.6 is 0 Å². The van der Waals surface area contributed by atoms with Crippen LogP contribution in [0.1, 0.15) is 50.5 Å². The van der Waals surface area contributed by atoms with Gasteiger partial charge >= 0.3 is 0 Å². The van der Waals surface area contributed by atoms with Crippen LogP contribution in [0.25, 0.3) is 22.8 Å².